The Hall–Kier alpha value is -2.92. The molecule has 3 rings (SSSR count). The number of ketones is 1. The van der Waals surface area contributed by atoms with Crippen LogP contribution in [0.2, 0.25) is 0 Å². The maximum atomic E-state index is 13.2. The molecule has 1 N–H and O–H groups in total. The number of Topliss-reactive ketones (excluding diaryl/α,β-unsaturated/α-hetero) is 1. The highest BCUT2D eigenvalue weighted by molar-refractivity contribution is 6.46. The number of rotatable bonds is 8. The average molecular weight is 435 g/mol. The second-order valence-electron chi connectivity index (χ2n) is 8.43. The molecule has 1 fully saturated rings. The summed E-state index contributed by atoms with van der Waals surface area (Å²) in [7, 11) is 0. The molecule has 1 heterocycles. The molecule has 0 aromatic heterocycles. The number of aliphatic hydroxyl groups excluding tert-OH is 1. The van der Waals surface area contributed by atoms with Crippen LogP contribution < -0.4 is 0 Å². The molecule has 5 nitrogen and oxygen atoms in total. The zero-order valence-electron chi connectivity index (χ0n) is 19.8. The molecule has 1 amide bonds. The van der Waals surface area contributed by atoms with Crippen LogP contribution in [-0.2, 0) is 16.0 Å². The summed E-state index contributed by atoms with van der Waals surface area (Å²) < 4.78 is 0. The van der Waals surface area contributed by atoms with Crippen molar-refractivity contribution in [2.24, 2.45) is 0 Å². The van der Waals surface area contributed by atoms with Gasteiger partial charge in [0.1, 0.15) is 5.76 Å². The minimum Gasteiger partial charge on any atom is -0.507 e. The first-order valence-corrected chi connectivity index (χ1v) is 11.5. The van der Waals surface area contributed by atoms with Gasteiger partial charge in [-0.15, -0.1) is 0 Å². The van der Waals surface area contributed by atoms with Crippen LogP contribution in [0.1, 0.15) is 54.6 Å². The third-order valence-electron chi connectivity index (χ3n) is 6.44. The number of aliphatic hydroxyl groups is 1. The van der Waals surface area contributed by atoms with E-state index in [0.717, 1.165) is 36.2 Å². The number of carbonyl (C=O) groups excluding carboxylic acids is 2. The van der Waals surface area contributed by atoms with Gasteiger partial charge in [-0.1, -0.05) is 62.7 Å². The van der Waals surface area contributed by atoms with Gasteiger partial charge in [-0.3, -0.25) is 9.59 Å². The Balaban J connectivity index is 2.13. The van der Waals surface area contributed by atoms with Crippen LogP contribution >= 0.6 is 0 Å². The van der Waals surface area contributed by atoms with Crippen LogP contribution in [0, 0.1) is 13.8 Å². The van der Waals surface area contributed by atoms with Gasteiger partial charge in [0.25, 0.3) is 11.7 Å². The quantitative estimate of drug-likeness (QED) is 0.374. The summed E-state index contributed by atoms with van der Waals surface area (Å²) in [6, 6.07) is 13.1. The number of carbonyl (C=O) groups is 2. The maximum absolute atomic E-state index is 13.2. The van der Waals surface area contributed by atoms with E-state index in [2.05, 4.69) is 25.7 Å². The highest BCUT2D eigenvalue weighted by atomic mass is 16.3. The monoisotopic (exact) mass is 434 g/mol. The third kappa shape index (κ3) is 4.63. The molecule has 0 spiro atoms. The predicted molar refractivity (Wildman–Crippen MR) is 129 cm³/mol. The summed E-state index contributed by atoms with van der Waals surface area (Å²) in [5, 5.41) is 11.3. The Labute approximate surface area is 191 Å². The molecule has 32 heavy (non-hydrogen) atoms. The van der Waals surface area contributed by atoms with Crippen LogP contribution in [0.25, 0.3) is 5.76 Å². The number of amides is 1. The summed E-state index contributed by atoms with van der Waals surface area (Å²) in [6.45, 7) is 12.9. The Morgan fingerprint density at radius 3 is 2.25 bits per heavy atom. The van der Waals surface area contributed by atoms with E-state index in [0.29, 0.717) is 18.7 Å². The highest BCUT2D eigenvalue weighted by Crippen LogP contribution is 2.40. The molecule has 2 aromatic carbocycles. The van der Waals surface area contributed by atoms with Gasteiger partial charge >= 0.3 is 0 Å². The third-order valence-corrected chi connectivity index (χ3v) is 6.44. The summed E-state index contributed by atoms with van der Waals surface area (Å²) in [4.78, 5) is 30.2. The van der Waals surface area contributed by atoms with E-state index in [1.807, 2.05) is 56.3 Å². The smallest absolute Gasteiger partial charge is 0.295 e. The van der Waals surface area contributed by atoms with E-state index < -0.39 is 17.7 Å². The zero-order chi connectivity index (χ0) is 23.4. The lowest BCUT2D eigenvalue weighted by Gasteiger charge is -2.28. The lowest BCUT2D eigenvalue weighted by Crippen LogP contribution is -2.38. The number of likely N-dealkylation sites (tertiary alicyclic amines) is 1. The van der Waals surface area contributed by atoms with Crippen LogP contribution in [0.3, 0.4) is 0 Å². The Morgan fingerprint density at radius 2 is 1.66 bits per heavy atom. The summed E-state index contributed by atoms with van der Waals surface area (Å²) in [5.41, 5.74) is 4.64. The van der Waals surface area contributed by atoms with E-state index in [1.165, 1.54) is 5.56 Å². The average Bonchev–Trinajstić information content (AvgIpc) is 3.05. The Bertz CT molecular complexity index is 1020. The van der Waals surface area contributed by atoms with E-state index in [-0.39, 0.29) is 11.3 Å². The molecule has 1 aliphatic heterocycles. The van der Waals surface area contributed by atoms with Crippen molar-refractivity contribution >= 4 is 17.4 Å². The predicted octanol–water partition coefficient (Wildman–Crippen LogP) is 4.63. The number of aryl methyl sites for hydroxylation is 3. The minimum absolute atomic E-state index is 0.0977. The van der Waals surface area contributed by atoms with Gasteiger partial charge in [0.15, 0.2) is 0 Å². The summed E-state index contributed by atoms with van der Waals surface area (Å²) in [5.74, 6) is -1.26. The molecule has 1 aliphatic rings. The van der Waals surface area contributed by atoms with Crippen LogP contribution in [0.4, 0.5) is 0 Å². The number of hydrogen-bond donors (Lipinski definition) is 1. The van der Waals surface area contributed by atoms with Crippen LogP contribution in [0.15, 0.2) is 48.0 Å². The number of benzene rings is 2. The largest absolute Gasteiger partial charge is 0.507 e. The number of hydrogen-bond acceptors (Lipinski definition) is 4. The van der Waals surface area contributed by atoms with Gasteiger partial charge in [-0.05, 0) is 56.1 Å². The minimum atomic E-state index is -0.618. The molecule has 0 saturated carbocycles. The molecule has 1 unspecified atom stereocenters. The second-order valence-corrected chi connectivity index (χ2v) is 8.43. The lowest BCUT2D eigenvalue weighted by atomic mass is 9.92. The fourth-order valence-electron chi connectivity index (χ4n) is 4.32. The van der Waals surface area contributed by atoms with Gasteiger partial charge in [0.2, 0.25) is 0 Å². The van der Waals surface area contributed by atoms with Crippen molar-refractivity contribution in [3.8, 4) is 0 Å². The van der Waals surface area contributed by atoms with E-state index >= 15 is 0 Å². The molecule has 170 valence electrons. The van der Waals surface area contributed by atoms with Crippen molar-refractivity contribution in [3.63, 3.8) is 0 Å². The topological polar surface area (TPSA) is 60.9 Å². The molecular weight excluding hydrogens is 400 g/mol. The van der Waals surface area contributed by atoms with Crippen molar-refractivity contribution < 1.29 is 14.7 Å². The lowest BCUT2D eigenvalue weighted by molar-refractivity contribution is -0.140. The van der Waals surface area contributed by atoms with Gasteiger partial charge < -0.3 is 14.9 Å². The molecular formula is C27H34N2O3. The molecule has 2 aromatic rings. The molecule has 1 atom stereocenters. The summed E-state index contributed by atoms with van der Waals surface area (Å²) in [6.07, 6.45) is 0.908. The molecule has 0 radical (unpaired) electrons. The van der Waals surface area contributed by atoms with Gasteiger partial charge in [-0.25, -0.2) is 0 Å². The molecule has 0 bridgehead atoms. The molecule has 5 heteroatoms. The second kappa shape index (κ2) is 10.1. The summed E-state index contributed by atoms with van der Waals surface area (Å²) >= 11 is 0. The fourth-order valence-corrected chi connectivity index (χ4v) is 4.32. The SMILES string of the molecule is CCc1ccc(C2/C(=C(\O)c3cc(C)ccc3C)C(=O)C(=O)N2CCN(CC)CC)cc1. The van der Waals surface area contributed by atoms with Crippen molar-refractivity contribution in [3.05, 3.63) is 75.9 Å². The van der Waals surface area contributed by atoms with Gasteiger partial charge in [0.05, 0.1) is 11.6 Å². The first kappa shape index (κ1) is 23.7. The van der Waals surface area contributed by atoms with Crippen LogP contribution in [0.5, 0.6) is 0 Å². The van der Waals surface area contributed by atoms with E-state index in [1.54, 1.807) is 4.90 Å². The fraction of sp³-hybridized carbons (Fsp3) is 0.407. The van der Waals surface area contributed by atoms with E-state index in [9.17, 15) is 14.7 Å². The van der Waals surface area contributed by atoms with Crippen LogP contribution in [-0.4, -0.2) is 52.8 Å². The maximum Gasteiger partial charge on any atom is 0.295 e. The van der Waals surface area contributed by atoms with Crippen molar-refractivity contribution in [2.75, 3.05) is 26.2 Å². The standard InChI is InChI=1S/C27H34N2O3/c1-6-20-11-13-21(14-12-20)24-23(25(30)22-17-18(4)9-10-19(22)5)26(31)27(32)29(24)16-15-28(7-2)8-3/h9-14,17,24,30H,6-8,15-16H2,1-5H3/b25-23+. The molecule has 1 saturated heterocycles. The van der Waals surface area contributed by atoms with Crippen molar-refractivity contribution in [2.45, 2.75) is 47.1 Å². The Kier molecular flexibility index (Phi) is 7.52. The first-order chi connectivity index (χ1) is 15.3. The Morgan fingerprint density at radius 1 is 1.00 bits per heavy atom. The van der Waals surface area contributed by atoms with E-state index in [4.69, 9.17) is 0 Å². The normalized spacial score (nSPS) is 18.1. The number of likely N-dealkylation sites (N-methyl/N-ethyl adjacent to an activating group) is 1. The molecule has 0 aliphatic carbocycles. The van der Waals surface area contributed by atoms with Gasteiger partial charge in [-0.2, -0.15) is 0 Å². The first-order valence-electron chi connectivity index (χ1n) is 11.5. The van der Waals surface area contributed by atoms with Gasteiger partial charge in [0, 0.05) is 18.7 Å². The van der Waals surface area contributed by atoms with Crippen molar-refractivity contribution in [1.29, 1.82) is 0 Å². The van der Waals surface area contributed by atoms with Crippen molar-refractivity contribution in [1.82, 2.24) is 9.80 Å². The zero-order valence-corrected chi connectivity index (χ0v) is 19.8. The number of nitrogens with zero attached hydrogens (tertiary/aromatic N) is 2. The highest BCUT2D eigenvalue weighted by Gasteiger charge is 2.46.